The second-order valence-electron chi connectivity index (χ2n) is 3.26. The SMILES string of the molecule is CON(C)C(=O)c1ccc2[nH]ccc2c1. The van der Waals surface area contributed by atoms with Crippen molar-refractivity contribution in [1.82, 2.24) is 10.0 Å². The predicted octanol–water partition coefficient (Wildman–Crippen LogP) is 1.80. The summed E-state index contributed by atoms with van der Waals surface area (Å²) >= 11 is 0. The molecular formula is C11H12N2O2. The van der Waals surface area contributed by atoms with Crippen LogP contribution in [0, 0.1) is 0 Å². The monoisotopic (exact) mass is 204 g/mol. The van der Waals surface area contributed by atoms with Crippen LogP contribution < -0.4 is 0 Å². The zero-order chi connectivity index (χ0) is 10.8. The second-order valence-corrected chi connectivity index (χ2v) is 3.26. The number of benzene rings is 1. The lowest BCUT2D eigenvalue weighted by Crippen LogP contribution is -2.25. The number of carbonyl (C=O) groups is 1. The number of H-pyrrole nitrogens is 1. The number of amides is 1. The van der Waals surface area contributed by atoms with E-state index in [4.69, 9.17) is 4.84 Å². The van der Waals surface area contributed by atoms with Crippen LogP contribution in [-0.4, -0.2) is 30.1 Å². The molecule has 1 N–H and O–H groups in total. The zero-order valence-electron chi connectivity index (χ0n) is 8.65. The standard InChI is InChI=1S/C11H12N2O2/c1-13(15-2)11(14)9-3-4-10-8(7-9)5-6-12-10/h3-7,12H,1-2H3. The molecule has 0 atom stereocenters. The van der Waals surface area contributed by atoms with Crippen LogP contribution in [0.1, 0.15) is 10.4 Å². The Morgan fingerprint density at radius 2 is 2.20 bits per heavy atom. The minimum Gasteiger partial charge on any atom is -0.361 e. The molecule has 0 fully saturated rings. The molecule has 0 radical (unpaired) electrons. The van der Waals surface area contributed by atoms with Crippen LogP contribution in [0.4, 0.5) is 0 Å². The van der Waals surface area contributed by atoms with Crippen LogP contribution in [0.15, 0.2) is 30.5 Å². The van der Waals surface area contributed by atoms with Gasteiger partial charge >= 0.3 is 0 Å². The minimum atomic E-state index is -0.152. The van der Waals surface area contributed by atoms with E-state index in [1.807, 2.05) is 24.4 Å². The summed E-state index contributed by atoms with van der Waals surface area (Å²) in [5.74, 6) is -0.152. The summed E-state index contributed by atoms with van der Waals surface area (Å²) in [6.07, 6.45) is 1.85. The van der Waals surface area contributed by atoms with E-state index in [9.17, 15) is 4.79 Å². The number of hydrogen-bond acceptors (Lipinski definition) is 2. The molecule has 0 bridgehead atoms. The third-order valence-corrected chi connectivity index (χ3v) is 2.36. The van der Waals surface area contributed by atoms with Crippen molar-refractivity contribution in [3.63, 3.8) is 0 Å². The molecule has 4 heteroatoms. The predicted molar refractivity (Wildman–Crippen MR) is 57.4 cm³/mol. The fourth-order valence-corrected chi connectivity index (χ4v) is 1.45. The second kappa shape index (κ2) is 3.74. The lowest BCUT2D eigenvalue weighted by atomic mass is 10.1. The number of aromatic amines is 1. The molecule has 2 aromatic rings. The molecule has 78 valence electrons. The molecule has 0 unspecified atom stereocenters. The van der Waals surface area contributed by atoms with Gasteiger partial charge in [0, 0.05) is 29.7 Å². The van der Waals surface area contributed by atoms with Crippen molar-refractivity contribution in [2.24, 2.45) is 0 Å². The van der Waals surface area contributed by atoms with Gasteiger partial charge in [-0.15, -0.1) is 0 Å². The molecule has 1 aromatic heterocycles. The molecule has 4 nitrogen and oxygen atoms in total. The highest BCUT2D eigenvalue weighted by Gasteiger charge is 2.11. The molecule has 0 aliphatic rings. The van der Waals surface area contributed by atoms with Gasteiger partial charge in [0.15, 0.2) is 0 Å². The van der Waals surface area contributed by atoms with E-state index in [-0.39, 0.29) is 5.91 Å². The van der Waals surface area contributed by atoms with Gasteiger partial charge in [0.25, 0.3) is 5.91 Å². The van der Waals surface area contributed by atoms with Gasteiger partial charge in [-0.1, -0.05) is 0 Å². The smallest absolute Gasteiger partial charge is 0.277 e. The maximum absolute atomic E-state index is 11.7. The van der Waals surface area contributed by atoms with Gasteiger partial charge in [0.2, 0.25) is 0 Å². The lowest BCUT2D eigenvalue weighted by molar-refractivity contribution is -0.0756. The van der Waals surface area contributed by atoms with Gasteiger partial charge < -0.3 is 4.98 Å². The van der Waals surface area contributed by atoms with Gasteiger partial charge in [-0.2, -0.15) is 0 Å². The maximum Gasteiger partial charge on any atom is 0.277 e. The highest BCUT2D eigenvalue weighted by Crippen LogP contribution is 2.15. The molecule has 15 heavy (non-hydrogen) atoms. The number of nitrogens with one attached hydrogen (secondary N) is 1. The molecule has 1 heterocycles. The van der Waals surface area contributed by atoms with E-state index >= 15 is 0 Å². The first-order chi connectivity index (χ1) is 7.22. The van der Waals surface area contributed by atoms with Crippen LogP contribution in [0.3, 0.4) is 0 Å². The van der Waals surface area contributed by atoms with Gasteiger partial charge in [0.05, 0.1) is 7.11 Å². The molecule has 0 spiro atoms. The first-order valence-electron chi connectivity index (χ1n) is 4.61. The van der Waals surface area contributed by atoms with Gasteiger partial charge in [0.1, 0.15) is 0 Å². The van der Waals surface area contributed by atoms with Gasteiger partial charge in [-0.3, -0.25) is 9.63 Å². The summed E-state index contributed by atoms with van der Waals surface area (Å²) in [4.78, 5) is 19.6. The molecule has 0 aliphatic heterocycles. The van der Waals surface area contributed by atoms with E-state index in [0.29, 0.717) is 5.56 Å². The summed E-state index contributed by atoms with van der Waals surface area (Å²) in [6.45, 7) is 0. The van der Waals surface area contributed by atoms with E-state index in [2.05, 4.69) is 4.98 Å². The Kier molecular flexibility index (Phi) is 2.43. The zero-order valence-corrected chi connectivity index (χ0v) is 8.65. The molecule has 0 aliphatic carbocycles. The van der Waals surface area contributed by atoms with Crippen molar-refractivity contribution >= 4 is 16.8 Å². The largest absolute Gasteiger partial charge is 0.361 e. The molecular weight excluding hydrogens is 192 g/mol. The fourth-order valence-electron chi connectivity index (χ4n) is 1.45. The Bertz CT molecular complexity index is 490. The van der Waals surface area contributed by atoms with Crippen LogP contribution >= 0.6 is 0 Å². The average molecular weight is 204 g/mol. The lowest BCUT2D eigenvalue weighted by Gasteiger charge is -2.13. The summed E-state index contributed by atoms with van der Waals surface area (Å²) < 4.78 is 0. The van der Waals surface area contributed by atoms with E-state index in [1.54, 1.807) is 13.1 Å². The molecule has 0 saturated heterocycles. The first-order valence-corrected chi connectivity index (χ1v) is 4.61. The molecule has 1 amide bonds. The number of rotatable bonds is 2. The van der Waals surface area contributed by atoms with Crippen LogP contribution in [0.5, 0.6) is 0 Å². The van der Waals surface area contributed by atoms with Crippen LogP contribution in [0.25, 0.3) is 10.9 Å². The van der Waals surface area contributed by atoms with Crippen LogP contribution in [-0.2, 0) is 4.84 Å². The third-order valence-electron chi connectivity index (χ3n) is 2.36. The summed E-state index contributed by atoms with van der Waals surface area (Å²) in [6, 6.07) is 7.42. The Balaban J connectivity index is 2.39. The van der Waals surface area contributed by atoms with Crippen LogP contribution in [0.2, 0.25) is 0 Å². The van der Waals surface area contributed by atoms with E-state index < -0.39 is 0 Å². The average Bonchev–Trinajstić information content (AvgIpc) is 2.73. The quantitative estimate of drug-likeness (QED) is 0.758. The molecule has 0 saturated carbocycles. The van der Waals surface area contributed by atoms with Gasteiger partial charge in [-0.25, -0.2) is 5.06 Å². The van der Waals surface area contributed by atoms with E-state index in [1.165, 1.54) is 12.2 Å². The number of fused-ring (bicyclic) bond motifs is 1. The Labute approximate surface area is 87.4 Å². The normalized spacial score (nSPS) is 10.5. The van der Waals surface area contributed by atoms with Crippen molar-refractivity contribution in [2.75, 3.05) is 14.2 Å². The number of carbonyl (C=O) groups excluding carboxylic acids is 1. The minimum absolute atomic E-state index is 0.152. The van der Waals surface area contributed by atoms with Crippen molar-refractivity contribution in [1.29, 1.82) is 0 Å². The highest BCUT2D eigenvalue weighted by molar-refractivity contribution is 5.97. The van der Waals surface area contributed by atoms with Crippen molar-refractivity contribution in [3.8, 4) is 0 Å². The number of hydrogen-bond donors (Lipinski definition) is 1. The fraction of sp³-hybridized carbons (Fsp3) is 0.182. The van der Waals surface area contributed by atoms with Crippen molar-refractivity contribution in [2.45, 2.75) is 0 Å². The molecule has 1 aromatic carbocycles. The topological polar surface area (TPSA) is 45.3 Å². The number of nitrogens with zero attached hydrogens (tertiary/aromatic N) is 1. The summed E-state index contributed by atoms with van der Waals surface area (Å²) in [7, 11) is 3.05. The van der Waals surface area contributed by atoms with E-state index in [0.717, 1.165) is 10.9 Å². The highest BCUT2D eigenvalue weighted by atomic mass is 16.7. The number of aromatic nitrogens is 1. The Hall–Kier alpha value is -1.81. The maximum atomic E-state index is 11.7. The third kappa shape index (κ3) is 1.71. The Morgan fingerprint density at radius 1 is 1.40 bits per heavy atom. The molecule has 2 rings (SSSR count). The first kappa shape index (κ1) is 9.73. The summed E-state index contributed by atoms with van der Waals surface area (Å²) in [5.41, 5.74) is 1.64. The van der Waals surface area contributed by atoms with Crippen molar-refractivity contribution in [3.05, 3.63) is 36.0 Å². The van der Waals surface area contributed by atoms with Gasteiger partial charge in [-0.05, 0) is 24.3 Å². The Morgan fingerprint density at radius 3 is 2.93 bits per heavy atom. The number of hydroxylamine groups is 2. The summed E-state index contributed by atoms with van der Waals surface area (Å²) in [5, 5.41) is 2.22. The van der Waals surface area contributed by atoms with Crippen molar-refractivity contribution < 1.29 is 9.63 Å².